The van der Waals surface area contributed by atoms with E-state index in [1.807, 2.05) is 0 Å². The molecule has 4 nitrogen and oxygen atoms in total. The number of hydrogen-bond donors (Lipinski definition) is 0. The average Bonchev–Trinajstić information content (AvgIpc) is 2.56. The second kappa shape index (κ2) is 8.70. The van der Waals surface area contributed by atoms with Crippen molar-refractivity contribution in [1.29, 1.82) is 0 Å². The van der Waals surface area contributed by atoms with Gasteiger partial charge >= 0.3 is 0 Å². The molecule has 0 saturated heterocycles. The number of halogens is 2. The summed E-state index contributed by atoms with van der Waals surface area (Å²) in [6.07, 6.45) is 5.02. The first-order chi connectivity index (χ1) is 11.4. The summed E-state index contributed by atoms with van der Waals surface area (Å²) in [7, 11) is -3.30. The molecule has 7 heteroatoms. The number of pyridine rings is 1. The molecule has 0 spiro atoms. The van der Waals surface area contributed by atoms with Gasteiger partial charge in [0.15, 0.2) is 9.84 Å². The van der Waals surface area contributed by atoms with Gasteiger partial charge in [0.05, 0.1) is 20.7 Å². The minimum absolute atomic E-state index is 0.141. The lowest BCUT2D eigenvalue weighted by Crippen LogP contribution is -2.07. The highest BCUT2D eigenvalue weighted by molar-refractivity contribution is 7.91. The van der Waals surface area contributed by atoms with Crippen molar-refractivity contribution >= 4 is 33.0 Å². The van der Waals surface area contributed by atoms with E-state index in [1.165, 1.54) is 18.3 Å². The number of aromatic nitrogens is 1. The smallest absolute Gasteiger partial charge is 0.219 e. The maximum absolute atomic E-state index is 12.2. The van der Waals surface area contributed by atoms with Gasteiger partial charge in [0, 0.05) is 18.3 Å². The van der Waals surface area contributed by atoms with E-state index in [2.05, 4.69) is 11.9 Å². The van der Waals surface area contributed by atoms with Gasteiger partial charge in [-0.25, -0.2) is 13.4 Å². The summed E-state index contributed by atoms with van der Waals surface area (Å²) in [4.78, 5) is 4.27. The average molecular weight is 388 g/mol. The van der Waals surface area contributed by atoms with Gasteiger partial charge in [-0.05, 0) is 24.6 Å². The van der Waals surface area contributed by atoms with Crippen LogP contribution in [0.25, 0.3) is 0 Å². The summed E-state index contributed by atoms with van der Waals surface area (Å²) in [6.45, 7) is 2.09. The fourth-order valence-electron chi connectivity index (χ4n) is 2.11. The lowest BCUT2D eigenvalue weighted by atomic mass is 10.2. The number of rotatable bonds is 8. The van der Waals surface area contributed by atoms with Gasteiger partial charge < -0.3 is 4.74 Å². The molecule has 0 unspecified atom stereocenters. The van der Waals surface area contributed by atoms with E-state index in [1.54, 1.807) is 18.2 Å². The van der Waals surface area contributed by atoms with Gasteiger partial charge in [-0.15, -0.1) is 0 Å². The topological polar surface area (TPSA) is 56.3 Å². The van der Waals surface area contributed by atoms with Crippen molar-refractivity contribution < 1.29 is 13.2 Å². The van der Waals surface area contributed by atoms with Crippen molar-refractivity contribution in [2.75, 3.05) is 5.75 Å². The van der Waals surface area contributed by atoms with E-state index in [0.717, 1.165) is 19.3 Å². The van der Waals surface area contributed by atoms with Gasteiger partial charge in [0.1, 0.15) is 5.75 Å². The monoisotopic (exact) mass is 387 g/mol. The Morgan fingerprint density at radius 1 is 1.04 bits per heavy atom. The Kier molecular flexibility index (Phi) is 6.90. The quantitative estimate of drug-likeness (QED) is 0.558. The van der Waals surface area contributed by atoms with Crippen LogP contribution in [0.5, 0.6) is 11.6 Å². The minimum Gasteiger partial charge on any atom is -0.439 e. The summed E-state index contributed by atoms with van der Waals surface area (Å²) in [5, 5.41) is 0.807. The second-order valence-corrected chi connectivity index (χ2v) is 8.31. The summed E-state index contributed by atoms with van der Waals surface area (Å²) < 4.78 is 30.0. The summed E-state index contributed by atoms with van der Waals surface area (Å²) in [5.41, 5.74) is 0. The molecule has 0 amide bonds. The van der Waals surface area contributed by atoms with Gasteiger partial charge in [-0.2, -0.15) is 0 Å². The molecule has 0 aliphatic carbocycles. The molecule has 0 N–H and O–H groups in total. The Hall–Kier alpha value is -1.30. The largest absolute Gasteiger partial charge is 0.439 e. The van der Waals surface area contributed by atoms with Crippen LogP contribution < -0.4 is 4.74 Å². The van der Waals surface area contributed by atoms with E-state index in [9.17, 15) is 8.42 Å². The molecule has 0 aliphatic heterocycles. The second-order valence-electron chi connectivity index (χ2n) is 5.39. The van der Waals surface area contributed by atoms with Gasteiger partial charge in [-0.3, -0.25) is 0 Å². The SMILES string of the molecule is CCCCCCS(=O)(=O)c1ccc(Oc2ccc(Cl)c(Cl)c2)nc1. The predicted octanol–water partition coefficient (Wildman–Crippen LogP) is 5.53. The standard InChI is InChI=1S/C17H19Cl2NO3S/c1-2-3-4-5-10-24(21,22)14-7-9-17(20-12-14)23-13-6-8-15(18)16(19)11-13/h6-9,11-12H,2-5,10H2,1H3. The summed E-state index contributed by atoms with van der Waals surface area (Å²) in [5.74, 6) is 0.909. The third-order valence-corrected chi connectivity index (χ3v) is 5.97. The molecule has 2 rings (SSSR count). The number of ether oxygens (including phenoxy) is 1. The molecular formula is C17H19Cl2NO3S. The van der Waals surface area contributed by atoms with Crippen molar-refractivity contribution in [2.24, 2.45) is 0 Å². The Morgan fingerprint density at radius 2 is 1.83 bits per heavy atom. The van der Waals surface area contributed by atoms with Crippen LogP contribution in [-0.2, 0) is 9.84 Å². The van der Waals surface area contributed by atoms with Gasteiger partial charge in [-0.1, -0.05) is 49.4 Å². The highest BCUT2D eigenvalue weighted by Gasteiger charge is 2.14. The molecular weight excluding hydrogens is 369 g/mol. The number of sulfone groups is 1. The van der Waals surface area contributed by atoms with Gasteiger partial charge in [0.2, 0.25) is 5.88 Å². The zero-order chi connectivity index (χ0) is 17.6. The Balaban J connectivity index is 2.02. The number of hydrogen-bond acceptors (Lipinski definition) is 4. The molecule has 1 heterocycles. The van der Waals surface area contributed by atoms with Crippen LogP contribution in [0.1, 0.15) is 32.6 Å². The number of nitrogens with zero attached hydrogens (tertiary/aromatic N) is 1. The van der Waals surface area contributed by atoms with Crippen molar-refractivity contribution in [3.63, 3.8) is 0 Å². The third kappa shape index (κ3) is 5.36. The van der Waals surface area contributed by atoms with Crippen molar-refractivity contribution in [3.8, 4) is 11.6 Å². The van der Waals surface area contributed by atoms with Crippen molar-refractivity contribution in [2.45, 2.75) is 37.5 Å². The number of unbranched alkanes of at least 4 members (excludes halogenated alkanes) is 3. The van der Waals surface area contributed by atoms with E-state index in [4.69, 9.17) is 27.9 Å². The zero-order valence-corrected chi connectivity index (χ0v) is 15.7. The van der Waals surface area contributed by atoms with Crippen LogP contribution in [0.2, 0.25) is 10.0 Å². The van der Waals surface area contributed by atoms with E-state index >= 15 is 0 Å². The fraction of sp³-hybridized carbons (Fsp3) is 0.353. The predicted molar refractivity (Wildman–Crippen MR) is 97.0 cm³/mol. The Bertz CT molecular complexity index is 777. The molecule has 2 aromatic rings. The first-order valence-corrected chi connectivity index (χ1v) is 10.1. The lowest BCUT2D eigenvalue weighted by molar-refractivity contribution is 0.462. The first-order valence-electron chi connectivity index (χ1n) is 7.74. The zero-order valence-electron chi connectivity index (χ0n) is 13.3. The molecule has 1 aromatic heterocycles. The molecule has 0 fully saturated rings. The minimum atomic E-state index is -3.30. The van der Waals surface area contributed by atoms with Crippen LogP contribution in [0.15, 0.2) is 41.4 Å². The molecule has 0 bridgehead atoms. The third-order valence-electron chi connectivity index (χ3n) is 3.45. The van der Waals surface area contributed by atoms with Crippen LogP contribution in [0, 0.1) is 0 Å². The highest BCUT2D eigenvalue weighted by Crippen LogP contribution is 2.29. The van der Waals surface area contributed by atoms with Crippen LogP contribution in [-0.4, -0.2) is 19.2 Å². The molecule has 0 radical (unpaired) electrons. The summed E-state index contributed by atoms with van der Waals surface area (Å²) >= 11 is 11.8. The van der Waals surface area contributed by atoms with Crippen LogP contribution >= 0.6 is 23.2 Å². The molecule has 0 atom stereocenters. The van der Waals surface area contributed by atoms with Crippen molar-refractivity contribution in [3.05, 3.63) is 46.6 Å². The molecule has 0 saturated carbocycles. The molecule has 1 aromatic carbocycles. The van der Waals surface area contributed by atoms with Gasteiger partial charge in [0.25, 0.3) is 0 Å². The van der Waals surface area contributed by atoms with E-state index < -0.39 is 9.84 Å². The number of benzene rings is 1. The molecule has 24 heavy (non-hydrogen) atoms. The lowest BCUT2D eigenvalue weighted by Gasteiger charge is -2.07. The maximum atomic E-state index is 12.2. The van der Waals surface area contributed by atoms with Crippen LogP contribution in [0.3, 0.4) is 0 Å². The summed E-state index contributed by atoms with van der Waals surface area (Å²) in [6, 6.07) is 7.89. The highest BCUT2D eigenvalue weighted by atomic mass is 35.5. The Labute approximate surface area is 152 Å². The maximum Gasteiger partial charge on any atom is 0.219 e. The molecule has 130 valence electrons. The fourth-order valence-corrected chi connectivity index (χ4v) is 3.71. The first kappa shape index (κ1) is 19.0. The van der Waals surface area contributed by atoms with Crippen LogP contribution in [0.4, 0.5) is 0 Å². The normalized spacial score (nSPS) is 11.5. The van der Waals surface area contributed by atoms with Crippen molar-refractivity contribution in [1.82, 2.24) is 4.98 Å². The van der Waals surface area contributed by atoms with E-state index in [-0.39, 0.29) is 10.6 Å². The molecule has 0 aliphatic rings. The van der Waals surface area contributed by atoms with E-state index in [0.29, 0.717) is 28.1 Å². The Morgan fingerprint density at radius 3 is 2.46 bits per heavy atom.